The maximum atomic E-state index is 13.2. The topological polar surface area (TPSA) is 70.1 Å². The van der Waals surface area contributed by atoms with Crippen LogP contribution in [0.3, 0.4) is 0 Å². The molecule has 0 saturated carbocycles. The summed E-state index contributed by atoms with van der Waals surface area (Å²) in [5, 5.41) is 4.01. The molecular formula is C14H16FN3O2. The number of ether oxygens (including phenoxy) is 1. The second kappa shape index (κ2) is 6.29. The second-order valence-electron chi connectivity index (χ2n) is 4.40. The molecule has 2 aromatic rings. The third-order valence-corrected chi connectivity index (χ3v) is 2.86. The number of hydrogen-bond acceptors (Lipinski definition) is 4. The summed E-state index contributed by atoms with van der Waals surface area (Å²) < 4.78 is 19.7. The Bertz CT molecular complexity index is 655. The van der Waals surface area contributed by atoms with E-state index in [4.69, 9.17) is 10.5 Å². The summed E-state index contributed by atoms with van der Waals surface area (Å²) in [6, 6.07) is 5.81. The van der Waals surface area contributed by atoms with Gasteiger partial charge in [-0.15, -0.1) is 0 Å². The number of rotatable bonds is 5. The van der Waals surface area contributed by atoms with E-state index in [1.165, 1.54) is 29.1 Å². The molecule has 0 spiro atoms. The molecule has 106 valence electrons. The van der Waals surface area contributed by atoms with Crippen molar-refractivity contribution in [3.63, 3.8) is 0 Å². The fraction of sp³-hybridized carbons (Fsp3) is 0.286. The Hall–Kier alpha value is -2.21. The van der Waals surface area contributed by atoms with Gasteiger partial charge in [-0.1, -0.05) is 6.07 Å². The lowest BCUT2D eigenvalue weighted by Crippen LogP contribution is -2.23. The van der Waals surface area contributed by atoms with E-state index in [1.54, 1.807) is 6.07 Å². The van der Waals surface area contributed by atoms with Gasteiger partial charge in [0.25, 0.3) is 5.56 Å². The van der Waals surface area contributed by atoms with Crippen molar-refractivity contribution in [2.75, 3.05) is 13.2 Å². The Morgan fingerprint density at radius 1 is 1.40 bits per heavy atom. The van der Waals surface area contributed by atoms with Gasteiger partial charge in [-0.3, -0.25) is 4.79 Å². The van der Waals surface area contributed by atoms with Crippen LogP contribution in [0.5, 0.6) is 5.75 Å². The summed E-state index contributed by atoms with van der Waals surface area (Å²) in [6.07, 6.45) is 1.45. The molecule has 0 aliphatic rings. The minimum absolute atomic E-state index is 0.222. The van der Waals surface area contributed by atoms with Crippen molar-refractivity contribution in [2.45, 2.75) is 13.5 Å². The van der Waals surface area contributed by atoms with Crippen LogP contribution in [-0.4, -0.2) is 22.9 Å². The highest BCUT2D eigenvalue weighted by Crippen LogP contribution is 2.11. The fourth-order valence-electron chi connectivity index (χ4n) is 1.76. The summed E-state index contributed by atoms with van der Waals surface area (Å²) in [5.74, 6) is 0.0502. The average molecular weight is 277 g/mol. The Balaban J connectivity index is 2.21. The van der Waals surface area contributed by atoms with E-state index in [1.807, 2.05) is 6.92 Å². The molecular weight excluding hydrogens is 261 g/mol. The first kappa shape index (κ1) is 14.2. The van der Waals surface area contributed by atoms with Crippen LogP contribution in [0.25, 0.3) is 0 Å². The maximum Gasteiger partial charge on any atom is 0.270 e. The van der Waals surface area contributed by atoms with Crippen molar-refractivity contribution >= 4 is 0 Å². The fourth-order valence-corrected chi connectivity index (χ4v) is 1.76. The predicted octanol–water partition coefficient (Wildman–Crippen LogP) is 1.08. The number of halogens is 1. The summed E-state index contributed by atoms with van der Waals surface area (Å²) in [4.78, 5) is 11.9. The molecule has 0 fully saturated rings. The standard InChI is InChI=1S/C14H16FN3O2/c1-10-2-3-12(15)6-11(10)9-18-14(19)7-13(8-17-18)20-5-4-16/h2-3,6-8H,4-5,9,16H2,1H3. The highest BCUT2D eigenvalue weighted by molar-refractivity contribution is 5.26. The lowest BCUT2D eigenvalue weighted by atomic mass is 10.1. The molecule has 2 rings (SSSR count). The van der Waals surface area contributed by atoms with E-state index < -0.39 is 0 Å². The highest BCUT2D eigenvalue weighted by atomic mass is 19.1. The quantitative estimate of drug-likeness (QED) is 0.887. The molecule has 20 heavy (non-hydrogen) atoms. The van der Waals surface area contributed by atoms with Crippen LogP contribution in [-0.2, 0) is 6.54 Å². The maximum absolute atomic E-state index is 13.2. The van der Waals surface area contributed by atoms with Gasteiger partial charge in [0.1, 0.15) is 18.2 Å². The van der Waals surface area contributed by atoms with E-state index in [-0.39, 0.29) is 17.9 Å². The first-order valence-electron chi connectivity index (χ1n) is 6.25. The van der Waals surface area contributed by atoms with E-state index in [2.05, 4.69) is 5.10 Å². The molecule has 5 nitrogen and oxygen atoms in total. The van der Waals surface area contributed by atoms with Crippen LogP contribution in [0, 0.1) is 12.7 Å². The van der Waals surface area contributed by atoms with Crippen molar-refractivity contribution in [1.29, 1.82) is 0 Å². The lowest BCUT2D eigenvalue weighted by molar-refractivity contribution is 0.324. The average Bonchev–Trinajstić information content (AvgIpc) is 2.43. The van der Waals surface area contributed by atoms with Crippen LogP contribution in [0.15, 0.2) is 35.3 Å². The van der Waals surface area contributed by atoms with Gasteiger partial charge in [-0.25, -0.2) is 9.07 Å². The predicted molar refractivity (Wildman–Crippen MR) is 73.3 cm³/mol. The van der Waals surface area contributed by atoms with Gasteiger partial charge >= 0.3 is 0 Å². The van der Waals surface area contributed by atoms with Crippen molar-refractivity contribution in [2.24, 2.45) is 5.73 Å². The summed E-state index contributed by atoms with van der Waals surface area (Å²) in [6.45, 7) is 2.78. The zero-order valence-corrected chi connectivity index (χ0v) is 11.2. The molecule has 0 aliphatic carbocycles. The van der Waals surface area contributed by atoms with Gasteiger partial charge in [0.05, 0.1) is 12.7 Å². The summed E-state index contributed by atoms with van der Waals surface area (Å²) >= 11 is 0. The molecule has 0 bridgehead atoms. The van der Waals surface area contributed by atoms with Gasteiger partial charge < -0.3 is 10.5 Å². The van der Waals surface area contributed by atoms with E-state index in [0.717, 1.165) is 11.1 Å². The zero-order chi connectivity index (χ0) is 14.5. The minimum Gasteiger partial charge on any atom is -0.490 e. The monoisotopic (exact) mass is 277 g/mol. The van der Waals surface area contributed by atoms with Crippen molar-refractivity contribution < 1.29 is 9.13 Å². The summed E-state index contributed by atoms with van der Waals surface area (Å²) in [5.41, 5.74) is 6.63. The minimum atomic E-state index is -0.332. The van der Waals surface area contributed by atoms with Crippen LogP contribution in [0.2, 0.25) is 0 Å². The number of hydrogen-bond donors (Lipinski definition) is 1. The first-order valence-corrected chi connectivity index (χ1v) is 6.25. The molecule has 0 amide bonds. The molecule has 0 radical (unpaired) electrons. The van der Waals surface area contributed by atoms with E-state index in [0.29, 0.717) is 18.9 Å². The van der Waals surface area contributed by atoms with Gasteiger partial charge in [0.15, 0.2) is 0 Å². The van der Waals surface area contributed by atoms with Crippen molar-refractivity contribution in [3.05, 3.63) is 57.8 Å². The lowest BCUT2D eigenvalue weighted by Gasteiger charge is -2.09. The third-order valence-electron chi connectivity index (χ3n) is 2.86. The first-order chi connectivity index (χ1) is 9.60. The summed E-state index contributed by atoms with van der Waals surface area (Å²) in [7, 11) is 0. The number of aromatic nitrogens is 2. The third kappa shape index (κ3) is 3.42. The van der Waals surface area contributed by atoms with Gasteiger partial charge in [0, 0.05) is 12.6 Å². The Morgan fingerprint density at radius 3 is 2.90 bits per heavy atom. The normalized spacial score (nSPS) is 10.6. The van der Waals surface area contributed by atoms with E-state index >= 15 is 0 Å². The molecule has 0 saturated heterocycles. The molecule has 2 N–H and O–H groups in total. The zero-order valence-electron chi connectivity index (χ0n) is 11.2. The molecule has 1 heterocycles. The van der Waals surface area contributed by atoms with Crippen LogP contribution >= 0.6 is 0 Å². The number of benzene rings is 1. The molecule has 0 unspecified atom stereocenters. The molecule has 1 aromatic heterocycles. The molecule has 0 aliphatic heterocycles. The van der Waals surface area contributed by atoms with Crippen molar-refractivity contribution in [1.82, 2.24) is 9.78 Å². The molecule has 0 atom stereocenters. The number of aryl methyl sites for hydroxylation is 1. The second-order valence-corrected chi connectivity index (χ2v) is 4.40. The van der Waals surface area contributed by atoms with Crippen LogP contribution in [0.1, 0.15) is 11.1 Å². The number of nitrogens with zero attached hydrogens (tertiary/aromatic N) is 2. The SMILES string of the molecule is Cc1ccc(F)cc1Cn1ncc(OCCN)cc1=O. The molecule has 6 heteroatoms. The number of nitrogens with two attached hydrogens (primary N) is 1. The van der Waals surface area contributed by atoms with Gasteiger partial charge in [-0.05, 0) is 30.2 Å². The van der Waals surface area contributed by atoms with Crippen LogP contribution < -0.4 is 16.0 Å². The Morgan fingerprint density at radius 2 is 2.20 bits per heavy atom. The van der Waals surface area contributed by atoms with Crippen molar-refractivity contribution in [3.8, 4) is 5.75 Å². The Labute approximate surface area is 115 Å². The van der Waals surface area contributed by atoms with E-state index in [9.17, 15) is 9.18 Å². The van der Waals surface area contributed by atoms with Crippen LogP contribution in [0.4, 0.5) is 4.39 Å². The smallest absolute Gasteiger partial charge is 0.270 e. The largest absolute Gasteiger partial charge is 0.490 e. The Kier molecular flexibility index (Phi) is 4.47. The highest BCUT2D eigenvalue weighted by Gasteiger charge is 2.05. The van der Waals surface area contributed by atoms with Gasteiger partial charge in [-0.2, -0.15) is 5.10 Å². The van der Waals surface area contributed by atoms with Gasteiger partial charge in [0.2, 0.25) is 0 Å². The molecule has 1 aromatic carbocycles.